The van der Waals surface area contributed by atoms with Crippen molar-refractivity contribution in [3.63, 3.8) is 0 Å². The van der Waals surface area contributed by atoms with Crippen LogP contribution < -0.4 is 5.32 Å². The Morgan fingerprint density at radius 2 is 2.03 bits per heavy atom. The van der Waals surface area contributed by atoms with E-state index in [9.17, 15) is 9.18 Å². The normalized spacial score (nSPS) is 14.2. The molecule has 0 radical (unpaired) electrons. The first-order valence-corrected chi connectivity index (χ1v) is 11.1. The Morgan fingerprint density at radius 1 is 1.17 bits per heavy atom. The lowest BCUT2D eigenvalue weighted by Crippen LogP contribution is -2.24. The molecule has 0 atom stereocenters. The van der Waals surface area contributed by atoms with E-state index >= 15 is 0 Å². The topological polar surface area (TPSA) is 46.4 Å². The van der Waals surface area contributed by atoms with Crippen LogP contribution in [0.15, 0.2) is 60.3 Å². The minimum atomic E-state index is -0.258. The largest absolute Gasteiger partial charge is 0.352 e. The maximum atomic E-state index is 13.2. The van der Waals surface area contributed by atoms with E-state index in [1.165, 1.54) is 37.0 Å². The molecule has 1 aliphatic rings. The van der Waals surface area contributed by atoms with E-state index < -0.39 is 0 Å². The molecule has 2 heterocycles. The fraction of sp³-hybridized carbons (Fsp3) is 0.250. The number of hydrogen-bond donors (Lipinski definition) is 1. The maximum Gasteiger partial charge on any atom is 0.251 e. The van der Waals surface area contributed by atoms with Gasteiger partial charge in [-0.15, -0.1) is 0 Å². The van der Waals surface area contributed by atoms with Crippen LogP contribution in [-0.4, -0.2) is 21.8 Å². The standard InChI is InChI=1S/C24H22FN3OS/c25-19-9-6-17(7-10-19)20-15-28-21-11-8-18(14-22(21)30-24(28)27-20)23(29)26-13-12-16-4-2-1-3-5-16/h4,6-11,14-15H,1-3,5,12-13H2,(H,26,29). The highest BCUT2D eigenvalue weighted by Gasteiger charge is 2.13. The van der Waals surface area contributed by atoms with E-state index in [1.54, 1.807) is 23.5 Å². The minimum absolute atomic E-state index is 0.0358. The van der Waals surface area contributed by atoms with E-state index in [0.29, 0.717) is 12.1 Å². The predicted octanol–water partition coefficient (Wildman–Crippen LogP) is 5.98. The Labute approximate surface area is 178 Å². The molecule has 0 fully saturated rings. The van der Waals surface area contributed by atoms with Crippen LogP contribution in [0.5, 0.6) is 0 Å². The monoisotopic (exact) mass is 419 g/mol. The second kappa shape index (κ2) is 8.03. The maximum absolute atomic E-state index is 13.2. The first-order chi connectivity index (χ1) is 14.7. The number of hydrogen-bond acceptors (Lipinski definition) is 3. The zero-order valence-electron chi connectivity index (χ0n) is 16.5. The Kier molecular flexibility index (Phi) is 5.09. The summed E-state index contributed by atoms with van der Waals surface area (Å²) in [4.78, 5) is 18.1. The molecule has 0 bridgehead atoms. The Balaban J connectivity index is 1.33. The van der Waals surface area contributed by atoms with Crippen molar-refractivity contribution in [1.82, 2.24) is 14.7 Å². The number of carbonyl (C=O) groups excluding carboxylic acids is 1. The van der Waals surface area contributed by atoms with Gasteiger partial charge < -0.3 is 5.32 Å². The van der Waals surface area contributed by atoms with Gasteiger partial charge in [-0.1, -0.05) is 23.0 Å². The van der Waals surface area contributed by atoms with E-state index in [1.807, 2.05) is 28.8 Å². The van der Waals surface area contributed by atoms with E-state index in [2.05, 4.69) is 16.4 Å². The summed E-state index contributed by atoms with van der Waals surface area (Å²) in [6, 6.07) is 12.1. The van der Waals surface area contributed by atoms with Crippen LogP contribution in [0.2, 0.25) is 0 Å². The third-order valence-electron chi connectivity index (χ3n) is 5.61. The summed E-state index contributed by atoms with van der Waals surface area (Å²) in [5.74, 6) is -0.294. The van der Waals surface area contributed by atoms with Gasteiger partial charge in [0.2, 0.25) is 0 Å². The summed E-state index contributed by atoms with van der Waals surface area (Å²) in [6.45, 7) is 0.678. The molecule has 6 heteroatoms. The number of carbonyl (C=O) groups is 1. The number of nitrogens with one attached hydrogen (secondary N) is 1. The van der Waals surface area contributed by atoms with Gasteiger partial charge in [-0.25, -0.2) is 9.37 Å². The van der Waals surface area contributed by atoms with Crippen molar-refractivity contribution in [3.05, 3.63) is 71.7 Å². The van der Waals surface area contributed by atoms with Crippen LogP contribution >= 0.6 is 11.3 Å². The number of nitrogens with zero attached hydrogens (tertiary/aromatic N) is 2. The van der Waals surface area contributed by atoms with Crippen molar-refractivity contribution < 1.29 is 9.18 Å². The second-order valence-electron chi connectivity index (χ2n) is 7.68. The fourth-order valence-electron chi connectivity index (χ4n) is 3.97. The van der Waals surface area contributed by atoms with Gasteiger partial charge in [-0.2, -0.15) is 0 Å². The molecule has 152 valence electrons. The van der Waals surface area contributed by atoms with Crippen molar-refractivity contribution in [1.29, 1.82) is 0 Å². The quantitative estimate of drug-likeness (QED) is 0.405. The number of rotatable bonds is 5. The molecule has 0 saturated heterocycles. The third kappa shape index (κ3) is 3.75. The smallest absolute Gasteiger partial charge is 0.251 e. The molecule has 0 aliphatic heterocycles. The summed E-state index contributed by atoms with van der Waals surface area (Å²) >= 11 is 1.55. The molecule has 0 spiro atoms. The van der Waals surface area contributed by atoms with Crippen LogP contribution in [0.1, 0.15) is 42.5 Å². The van der Waals surface area contributed by atoms with Gasteiger partial charge in [-0.3, -0.25) is 9.20 Å². The zero-order chi connectivity index (χ0) is 20.5. The molecule has 1 N–H and O–H groups in total. The highest BCUT2D eigenvalue weighted by molar-refractivity contribution is 7.23. The lowest BCUT2D eigenvalue weighted by Gasteiger charge is -2.13. The Morgan fingerprint density at radius 3 is 2.83 bits per heavy atom. The summed E-state index contributed by atoms with van der Waals surface area (Å²) in [7, 11) is 0. The van der Waals surface area contributed by atoms with Crippen LogP contribution in [0, 0.1) is 5.82 Å². The van der Waals surface area contributed by atoms with E-state index in [-0.39, 0.29) is 11.7 Å². The average molecular weight is 420 g/mol. The van der Waals surface area contributed by atoms with Gasteiger partial charge in [0, 0.05) is 23.9 Å². The molecular weight excluding hydrogens is 397 g/mol. The van der Waals surface area contributed by atoms with Crippen LogP contribution in [0.3, 0.4) is 0 Å². The summed E-state index contributed by atoms with van der Waals surface area (Å²) in [5, 5.41) is 3.05. The zero-order valence-corrected chi connectivity index (χ0v) is 17.3. The summed E-state index contributed by atoms with van der Waals surface area (Å²) < 4.78 is 16.2. The van der Waals surface area contributed by atoms with Crippen molar-refractivity contribution >= 4 is 32.4 Å². The summed E-state index contributed by atoms with van der Waals surface area (Å²) in [6.07, 6.45) is 10.1. The van der Waals surface area contributed by atoms with Gasteiger partial charge in [0.15, 0.2) is 4.96 Å². The lowest BCUT2D eigenvalue weighted by atomic mass is 9.97. The van der Waals surface area contributed by atoms with Crippen molar-refractivity contribution in [2.24, 2.45) is 0 Å². The molecule has 2 aromatic carbocycles. The SMILES string of the molecule is O=C(NCCC1=CCCCC1)c1ccc2c(c1)sc1nc(-c3ccc(F)cc3)cn12. The Hall–Kier alpha value is -2.99. The third-order valence-corrected chi connectivity index (χ3v) is 6.63. The van der Waals surface area contributed by atoms with Gasteiger partial charge >= 0.3 is 0 Å². The number of imidazole rings is 1. The lowest BCUT2D eigenvalue weighted by molar-refractivity contribution is 0.0954. The highest BCUT2D eigenvalue weighted by Crippen LogP contribution is 2.30. The van der Waals surface area contributed by atoms with Gasteiger partial charge in [0.05, 0.1) is 15.9 Å². The van der Waals surface area contributed by atoms with Crippen molar-refractivity contribution in [2.45, 2.75) is 32.1 Å². The van der Waals surface area contributed by atoms with Crippen LogP contribution in [0.25, 0.3) is 26.4 Å². The molecule has 4 nitrogen and oxygen atoms in total. The van der Waals surface area contributed by atoms with Crippen LogP contribution in [0.4, 0.5) is 4.39 Å². The van der Waals surface area contributed by atoms with Gasteiger partial charge in [-0.05, 0) is 74.6 Å². The molecule has 0 unspecified atom stereocenters. The van der Waals surface area contributed by atoms with Gasteiger partial charge in [0.1, 0.15) is 5.82 Å². The predicted molar refractivity (Wildman–Crippen MR) is 119 cm³/mol. The molecule has 1 aliphatic carbocycles. The molecular formula is C24H22FN3OS. The molecule has 1 amide bonds. The fourth-order valence-corrected chi connectivity index (χ4v) is 5.02. The number of allylic oxidation sites excluding steroid dienone is 1. The number of thiazole rings is 1. The first kappa shape index (κ1) is 19.0. The number of aromatic nitrogens is 2. The second-order valence-corrected chi connectivity index (χ2v) is 8.69. The highest BCUT2D eigenvalue weighted by atomic mass is 32.1. The summed E-state index contributed by atoms with van der Waals surface area (Å²) in [5.41, 5.74) is 4.84. The molecule has 0 saturated carbocycles. The molecule has 4 aromatic rings. The minimum Gasteiger partial charge on any atom is -0.352 e. The average Bonchev–Trinajstić information content (AvgIpc) is 3.32. The molecule has 5 rings (SSSR count). The van der Waals surface area contributed by atoms with Crippen molar-refractivity contribution in [3.8, 4) is 11.3 Å². The Bertz CT molecular complexity index is 1250. The number of amides is 1. The number of benzene rings is 2. The van der Waals surface area contributed by atoms with Gasteiger partial charge in [0.25, 0.3) is 5.91 Å². The van der Waals surface area contributed by atoms with Crippen LogP contribution in [-0.2, 0) is 0 Å². The first-order valence-electron chi connectivity index (χ1n) is 10.3. The number of fused-ring (bicyclic) bond motifs is 3. The molecule has 2 aromatic heterocycles. The number of halogens is 1. The van der Waals surface area contributed by atoms with E-state index in [0.717, 1.165) is 39.3 Å². The van der Waals surface area contributed by atoms with E-state index in [4.69, 9.17) is 0 Å². The molecule has 30 heavy (non-hydrogen) atoms. The van der Waals surface area contributed by atoms with Crippen molar-refractivity contribution in [2.75, 3.05) is 6.54 Å².